The van der Waals surface area contributed by atoms with E-state index in [2.05, 4.69) is 15.0 Å². The van der Waals surface area contributed by atoms with Crippen molar-refractivity contribution in [1.29, 1.82) is 0 Å². The highest BCUT2D eigenvalue weighted by Crippen LogP contribution is 2.40. The number of carbonyl (C=O) groups excluding carboxylic acids is 1. The van der Waals surface area contributed by atoms with Crippen LogP contribution in [0.1, 0.15) is 19.4 Å². The number of alkyl halides is 3. The number of nitrogens with zero attached hydrogens (tertiary/aromatic N) is 1. The highest BCUT2D eigenvalue weighted by atomic mass is 32.1. The number of hydrogen-bond donors (Lipinski definition) is 2. The number of halogens is 3. The number of anilines is 1. The van der Waals surface area contributed by atoms with Gasteiger partial charge in [-0.1, -0.05) is 0 Å². The first-order valence-corrected chi connectivity index (χ1v) is 8.81. The van der Waals surface area contributed by atoms with Crippen LogP contribution in [-0.2, 0) is 6.18 Å². The van der Waals surface area contributed by atoms with Crippen LogP contribution >= 0.6 is 11.5 Å². The Morgan fingerprint density at radius 1 is 1.19 bits per heavy atom. The van der Waals surface area contributed by atoms with Crippen LogP contribution in [0.3, 0.4) is 0 Å². The van der Waals surface area contributed by atoms with E-state index in [-0.39, 0.29) is 23.2 Å². The number of fused-ring (bicyclic) bond motifs is 1. The van der Waals surface area contributed by atoms with Gasteiger partial charge < -0.3 is 15.4 Å². The molecule has 0 saturated heterocycles. The Morgan fingerprint density at radius 3 is 2.67 bits per heavy atom. The molecule has 0 aliphatic rings. The van der Waals surface area contributed by atoms with Crippen molar-refractivity contribution in [3.63, 3.8) is 0 Å². The molecule has 1 heterocycles. The van der Waals surface area contributed by atoms with E-state index in [1.54, 1.807) is 38.2 Å². The standard InChI is InChI=1S/C18H16F3N3O2S/c1-10(2)23-17(25)24-12-3-5-15(14(8-12)18(19,20)21)26-13-4-6-16-11(7-13)9-22-27-16/h3-10H,1-2H3,(H2,23,24,25). The third kappa shape index (κ3) is 4.68. The van der Waals surface area contributed by atoms with Crippen LogP contribution in [0.5, 0.6) is 11.5 Å². The fourth-order valence-electron chi connectivity index (χ4n) is 2.39. The number of hydrogen-bond acceptors (Lipinski definition) is 4. The number of carbonyl (C=O) groups is 1. The Hall–Kier alpha value is -2.81. The van der Waals surface area contributed by atoms with Gasteiger partial charge in [-0.05, 0) is 61.8 Å². The minimum absolute atomic E-state index is 0.0188. The molecule has 3 aromatic rings. The predicted molar refractivity (Wildman–Crippen MR) is 98.4 cm³/mol. The van der Waals surface area contributed by atoms with Gasteiger partial charge in [-0.15, -0.1) is 0 Å². The molecule has 0 aliphatic carbocycles. The smallest absolute Gasteiger partial charge is 0.420 e. The Labute approximate surface area is 157 Å². The fraction of sp³-hybridized carbons (Fsp3) is 0.222. The third-order valence-corrected chi connectivity index (χ3v) is 4.29. The van der Waals surface area contributed by atoms with E-state index >= 15 is 0 Å². The number of benzene rings is 2. The third-order valence-electron chi connectivity index (χ3n) is 3.51. The molecule has 2 aromatic carbocycles. The highest BCUT2D eigenvalue weighted by Gasteiger charge is 2.35. The molecule has 0 aliphatic heterocycles. The number of aromatic nitrogens is 1. The summed E-state index contributed by atoms with van der Waals surface area (Å²) in [6, 6.07) is 7.61. The summed E-state index contributed by atoms with van der Waals surface area (Å²) >= 11 is 1.29. The molecular formula is C18H16F3N3O2S. The summed E-state index contributed by atoms with van der Waals surface area (Å²) in [4.78, 5) is 11.7. The zero-order valence-corrected chi connectivity index (χ0v) is 15.2. The van der Waals surface area contributed by atoms with Gasteiger partial charge in [0.2, 0.25) is 0 Å². The van der Waals surface area contributed by atoms with E-state index < -0.39 is 17.8 Å². The molecule has 5 nitrogen and oxygen atoms in total. The van der Waals surface area contributed by atoms with E-state index in [0.717, 1.165) is 16.2 Å². The molecule has 2 amide bonds. The SMILES string of the molecule is CC(C)NC(=O)Nc1ccc(Oc2ccc3sncc3c2)c(C(F)(F)F)c1. The molecule has 9 heteroatoms. The van der Waals surface area contributed by atoms with E-state index in [0.29, 0.717) is 0 Å². The van der Waals surface area contributed by atoms with Crippen molar-refractivity contribution in [2.75, 3.05) is 5.32 Å². The van der Waals surface area contributed by atoms with Gasteiger partial charge in [0.05, 0.1) is 4.70 Å². The second kappa shape index (κ2) is 7.43. The summed E-state index contributed by atoms with van der Waals surface area (Å²) in [5, 5.41) is 5.72. The number of ether oxygens (including phenoxy) is 1. The highest BCUT2D eigenvalue weighted by molar-refractivity contribution is 7.13. The topological polar surface area (TPSA) is 63.2 Å². The molecule has 0 fully saturated rings. The monoisotopic (exact) mass is 395 g/mol. The molecule has 2 N–H and O–H groups in total. The number of urea groups is 1. The average Bonchev–Trinajstić information content (AvgIpc) is 3.02. The molecule has 142 valence electrons. The maximum absolute atomic E-state index is 13.5. The fourth-order valence-corrected chi connectivity index (χ4v) is 3.01. The molecule has 0 unspecified atom stereocenters. The number of nitrogens with one attached hydrogen (secondary N) is 2. The van der Waals surface area contributed by atoms with Crippen molar-refractivity contribution in [2.24, 2.45) is 0 Å². The summed E-state index contributed by atoms with van der Waals surface area (Å²) in [6.45, 7) is 3.50. The van der Waals surface area contributed by atoms with Gasteiger partial charge in [0, 0.05) is 23.3 Å². The molecular weight excluding hydrogens is 379 g/mol. The summed E-state index contributed by atoms with van der Waals surface area (Å²) < 4.78 is 50.8. The van der Waals surface area contributed by atoms with Crippen molar-refractivity contribution in [3.8, 4) is 11.5 Å². The second-order valence-corrected chi connectivity index (χ2v) is 6.92. The van der Waals surface area contributed by atoms with E-state index in [9.17, 15) is 18.0 Å². The van der Waals surface area contributed by atoms with Crippen molar-refractivity contribution < 1.29 is 22.7 Å². The second-order valence-electron chi connectivity index (χ2n) is 6.09. The maximum atomic E-state index is 13.5. The van der Waals surface area contributed by atoms with Gasteiger partial charge in [0.25, 0.3) is 0 Å². The molecule has 3 rings (SSSR count). The summed E-state index contributed by atoms with van der Waals surface area (Å²) in [5.74, 6) is -0.0775. The van der Waals surface area contributed by atoms with Crippen LogP contribution < -0.4 is 15.4 Å². The first kappa shape index (κ1) is 19.0. The molecule has 27 heavy (non-hydrogen) atoms. The lowest BCUT2D eigenvalue weighted by Crippen LogP contribution is -2.34. The van der Waals surface area contributed by atoms with Crippen molar-refractivity contribution in [1.82, 2.24) is 9.69 Å². The maximum Gasteiger partial charge on any atom is 0.420 e. The number of amides is 2. The average molecular weight is 395 g/mol. The van der Waals surface area contributed by atoms with E-state index in [4.69, 9.17) is 4.74 Å². The van der Waals surface area contributed by atoms with Crippen LogP contribution in [0.25, 0.3) is 10.1 Å². The quantitative estimate of drug-likeness (QED) is 0.601. The predicted octanol–water partition coefficient (Wildman–Crippen LogP) is 5.64. The van der Waals surface area contributed by atoms with Gasteiger partial charge in [0.15, 0.2) is 0 Å². The van der Waals surface area contributed by atoms with Gasteiger partial charge in [-0.3, -0.25) is 0 Å². The zero-order chi connectivity index (χ0) is 19.6. The zero-order valence-electron chi connectivity index (χ0n) is 14.4. The van der Waals surface area contributed by atoms with Gasteiger partial charge in [0.1, 0.15) is 17.1 Å². The lowest BCUT2D eigenvalue weighted by molar-refractivity contribution is -0.138. The first-order valence-electron chi connectivity index (χ1n) is 8.03. The molecule has 0 radical (unpaired) electrons. The Bertz CT molecular complexity index is 970. The minimum atomic E-state index is -4.64. The minimum Gasteiger partial charge on any atom is -0.457 e. The van der Waals surface area contributed by atoms with Gasteiger partial charge in [-0.25, -0.2) is 4.79 Å². The van der Waals surface area contributed by atoms with Crippen LogP contribution in [0.2, 0.25) is 0 Å². The van der Waals surface area contributed by atoms with Crippen LogP contribution in [0.4, 0.5) is 23.7 Å². The van der Waals surface area contributed by atoms with Gasteiger partial charge in [-0.2, -0.15) is 17.5 Å². The van der Waals surface area contributed by atoms with E-state index in [1.807, 2.05) is 0 Å². The van der Waals surface area contributed by atoms with Crippen molar-refractivity contribution in [3.05, 3.63) is 48.2 Å². The summed E-state index contributed by atoms with van der Waals surface area (Å²) in [7, 11) is 0. The molecule has 0 spiro atoms. The van der Waals surface area contributed by atoms with Crippen molar-refractivity contribution in [2.45, 2.75) is 26.1 Å². The lowest BCUT2D eigenvalue weighted by Gasteiger charge is -2.16. The normalized spacial score (nSPS) is 11.6. The molecule has 0 atom stereocenters. The first-order chi connectivity index (χ1) is 12.7. The Morgan fingerprint density at radius 2 is 1.96 bits per heavy atom. The Balaban J connectivity index is 1.88. The van der Waals surface area contributed by atoms with Crippen LogP contribution in [-0.4, -0.2) is 16.4 Å². The largest absolute Gasteiger partial charge is 0.457 e. The van der Waals surface area contributed by atoms with Gasteiger partial charge >= 0.3 is 12.2 Å². The molecule has 1 aromatic heterocycles. The molecule has 0 saturated carbocycles. The summed E-state index contributed by atoms with van der Waals surface area (Å²) in [6.07, 6.45) is -3.02. The Kier molecular flexibility index (Phi) is 5.22. The van der Waals surface area contributed by atoms with Crippen LogP contribution in [0.15, 0.2) is 42.6 Å². The summed E-state index contributed by atoms with van der Waals surface area (Å²) in [5.41, 5.74) is -0.960. The van der Waals surface area contributed by atoms with Crippen molar-refractivity contribution >= 4 is 33.3 Å². The lowest BCUT2D eigenvalue weighted by atomic mass is 10.1. The number of rotatable bonds is 4. The molecule has 0 bridgehead atoms. The van der Waals surface area contributed by atoms with E-state index in [1.165, 1.54) is 23.7 Å². The van der Waals surface area contributed by atoms with Crippen LogP contribution in [0, 0.1) is 0 Å².